The Morgan fingerprint density at radius 1 is 1.35 bits per heavy atom. The Morgan fingerprint density at radius 3 is 2.74 bits per heavy atom. The second kappa shape index (κ2) is 8.45. The Hall–Kier alpha value is -2.69. The highest BCUT2D eigenvalue weighted by Gasteiger charge is 2.31. The number of pyridine rings is 1. The lowest BCUT2D eigenvalue weighted by Crippen LogP contribution is -2.45. The number of carbonyl (C=O) groups excluding carboxylic acids is 1. The van der Waals surface area contributed by atoms with Gasteiger partial charge in [0.1, 0.15) is 30.6 Å². The largest absolute Gasteiger partial charge is 0.487 e. The molecule has 1 unspecified atom stereocenters. The van der Waals surface area contributed by atoms with E-state index in [9.17, 15) is 14.7 Å². The SMILES string of the molecule is C[C@H]1COc2c(N3CCN(C)CC3)c(F)cc3c(=O)c(C(=O)OCC(O)CO)cn1c23. The molecule has 0 aliphatic carbocycles. The van der Waals surface area contributed by atoms with Crippen molar-refractivity contribution in [3.05, 3.63) is 33.9 Å². The fourth-order valence-electron chi connectivity index (χ4n) is 3.98. The maximum atomic E-state index is 15.3. The number of halogens is 1. The van der Waals surface area contributed by atoms with Gasteiger partial charge in [-0.05, 0) is 20.0 Å². The number of hydrogen-bond acceptors (Lipinski definition) is 8. The summed E-state index contributed by atoms with van der Waals surface area (Å²) in [6, 6.07) is 0.961. The predicted molar refractivity (Wildman–Crippen MR) is 111 cm³/mol. The van der Waals surface area contributed by atoms with Crippen molar-refractivity contribution in [3.8, 4) is 5.75 Å². The number of nitrogens with zero attached hydrogens (tertiary/aromatic N) is 3. The summed E-state index contributed by atoms with van der Waals surface area (Å²) in [6.45, 7) is 3.93. The van der Waals surface area contributed by atoms with Gasteiger partial charge in [-0.25, -0.2) is 9.18 Å². The molecule has 1 fully saturated rings. The number of ether oxygens (including phenoxy) is 2. The number of anilines is 1. The van der Waals surface area contributed by atoms with E-state index in [-0.39, 0.29) is 23.6 Å². The standard InChI is InChI=1S/C21H26FN3O6/c1-12-10-30-20-17-14(7-16(22)18(20)24-5-3-23(2)4-6-24)19(28)15(8-25(12)17)21(29)31-11-13(27)9-26/h7-8,12-13,26-27H,3-6,9-11H2,1-2H3/t12-,13?/m0/s1. The lowest BCUT2D eigenvalue weighted by molar-refractivity contribution is 0.00916. The van der Waals surface area contributed by atoms with E-state index in [2.05, 4.69) is 4.90 Å². The zero-order valence-corrected chi connectivity index (χ0v) is 17.5. The lowest BCUT2D eigenvalue weighted by Gasteiger charge is -2.37. The molecule has 2 aliphatic heterocycles. The van der Waals surface area contributed by atoms with E-state index in [0.29, 0.717) is 30.0 Å². The van der Waals surface area contributed by atoms with Crippen LogP contribution in [0.15, 0.2) is 17.1 Å². The molecule has 1 aromatic heterocycles. The third-order valence-electron chi connectivity index (χ3n) is 5.80. The molecule has 10 heteroatoms. The number of likely N-dealkylation sites (N-methyl/N-ethyl adjacent to an activating group) is 1. The van der Waals surface area contributed by atoms with Crippen LogP contribution in [0.1, 0.15) is 23.3 Å². The lowest BCUT2D eigenvalue weighted by atomic mass is 10.1. The number of carbonyl (C=O) groups is 1. The molecule has 31 heavy (non-hydrogen) atoms. The molecule has 1 aromatic carbocycles. The first-order valence-corrected chi connectivity index (χ1v) is 10.3. The van der Waals surface area contributed by atoms with Gasteiger partial charge in [0.15, 0.2) is 11.6 Å². The average Bonchev–Trinajstić information content (AvgIpc) is 2.76. The highest BCUT2D eigenvalue weighted by atomic mass is 19.1. The molecular weight excluding hydrogens is 409 g/mol. The maximum Gasteiger partial charge on any atom is 0.343 e. The summed E-state index contributed by atoms with van der Waals surface area (Å²) >= 11 is 0. The molecule has 0 bridgehead atoms. The number of hydrogen-bond donors (Lipinski definition) is 2. The highest BCUT2D eigenvalue weighted by molar-refractivity contribution is 5.98. The summed E-state index contributed by atoms with van der Waals surface area (Å²) in [5.74, 6) is -1.20. The molecular formula is C21H26FN3O6. The first-order chi connectivity index (χ1) is 14.8. The van der Waals surface area contributed by atoms with E-state index < -0.39 is 36.5 Å². The van der Waals surface area contributed by atoms with Crippen LogP contribution in [0, 0.1) is 5.82 Å². The van der Waals surface area contributed by atoms with E-state index in [1.807, 2.05) is 18.9 Å². The number of piperazine rings is 1. The van der Waals surface area contributed by atoms with Crippen molar-refractivity contribution in [1.29, 1.82) is 0 Å². The van der Waals surface area contributed by atoms with E-state index in [0.717, 1.165) is 19.2 Å². The van der Waals surface area contributed by atoms with Crippen LogP contribution in [0.4, 0.5) is 10.1 Å². The van der Waals surface area contributed by atoms with Crippen LogP contribution in [0.3, 0.4) is 0 Å². The van der Waals surface area contributed by atoms with Crippen LogP contribution in [-0.4, -0.2) is 84.8 Å². The van der Waals surface area contributed by atoms with Crippen LogP contribution in [0.5, 0.6) is 5.75 Å². The first-order valence-electron chi connectivity index (χ1n) is 10.3. The zero-order valence-electron chi connectivity index (χ0n) is 17.5. The van der Waals surface area contributed by atoms with Crippen molar-refractivity contribution in [2.45, 2.75) is 19.1 Å². The third-order valence-corrected chi connectivity index (χ3v) is 5.80. The minimum atomic E-state index is -1.24. The molecule has 0 saturated carbocycles. The second-order valence-corrected chi connectivity index (χ2v) is 8.10. The van der Waals surface area contributed by atoms with Crippen LogP contribution in [0.25, 0.3) is 10.9 Å². The van der Waals surface area contributed by atoms with Gasteiger partial charge in [-0.15, -0.1) is 0 Å². The first kappa shape index (κ1) is 21.5. The topological polar surface area (TPSA) is 104 Å². The van der Waals surface area contributed by atoms with Gasteiger partial charge in [-0.3, -0.25) is 4.79 Å². The van der Waals surface area contributed by atoms with Crippen LogP contribution >= 0.6 is 0 Å². The van der Waals surface area contributed by atoms with Gasteiger partial charge in [-0.2, -0.15) is 0 Å². The molecule has 0 spiro atoms. The number of rotatable bonds is 5. The molecule has 2 atom stereocenters. The number of aromatic nitrogens is 1. The predicted octanol–water partition coefficient (Wildman–Crippen LogP) is 0.356. The van der Waals surface area contributed by atoms with Crippen molar-refractivity contribution < 1.29 is 28.9 Å². The number of esters is 1. The molecule has 4 rings (SSSR count). The minimum absolute atomic E-state index is 0.0362. The molecule has 2 aromatic rings. The summed E-state index contributed by atoms with van der Waals surface area (Å²) in [6.07, 6.45) is 0.161. The summed E-state index contributed by atoms with van der Waals surface area (Å²) < 4.78 is 27.9. The van der Waals surface area contributed by atoms with Gasteiger partial charge < -0.3 is 34.1 Å². The quantitative estimate of drug-likeness (QED) is 0.649. The smallest absolute Gasteiger partial charge is 0.343 e. The second-order valence-electron chi connectivity index (χ2n) is 8.10. The molecule has 1 saturated heterocycles. The Balaban J connectivity index is 1.83. The summed E-state index contributed by atoms with van der Waals surface area (Å²) in [4.78, 5) is 29.6. The fraction of sp³-hybridized carbons (Fsp3) is 0.524. The Kier molecular flexibility index (Phi) is 5.87. The molecule has 3 heterocycles. The molecule has 0 amide bonds. The summed E-state index contributed by atoms with van der Waals surface area (Å²) in [5, 5.41) is 18.3. The minimum Gasteiger partial charge on any atom is -0.487 e. The summed E-state index contributed by atoms with van der Waals surface area (Å²) in [5.41, 5.74) is -0.144. The fourth-order valence-corrected chi connectivity index (χ4v) is 3.98. The molecule has 0 radical (unpaired) electrons. The number of aliphatic hydroxyl groups is 2. The van der Waals surface area contributed by atoms with Gasteiger partial charge in [0.2, 0.25) is 5.43 Å². The normalized spacial score (nSPS) is 19.9. The van der Waals surface area contributed by atoms with Gasteiger partial charge in [0.25, 0.3) is 0 Å². The van der Waals surface area contributed by atoms with Crippen molar-refractivity contribution in [2.24, 2.45) is 0 Å². The van der Waals surface area contributed by atoms with Gasteiger partial charge >= 0.3 is 5.97 Å². The van der Waals surface area contributed by atoms with Crippen molar-refractivity contribution in [2.75, 3.05) is 57.9 Å². The zero-order chi connectivity index (χ0) is 22.3. The molecule has 9 nitrogen and oxygen atoms in total. The number of benzene rings is 1. The van der Waals surface area contributed by atoms with E-state index in [4.69, 9.17) is 14.6 Å². The van der Waals surface area contributed by atoms with Crippen molar-refractivity contribution in [1.82, 2.24) is 9.47 Å². The van der Waals surface area contributed by atoms with Gasteiger partial charge in [-0.1, -0.05) is 0 Å². The van der Waals surface area contributed by atoms with E-state index in [1.165, 1.54) is 6.20 Å². The monoisotopic (exact) mass is 435 g/mol. The highest BCUT2D eigenvalue weighted by Crippen LogP contribution is 2.42. The van der Waals surface area contributed by atoms with Crippen LogP contribution in [0.2, 0.25) is 0 Å². The third kappa shape index (κ3) is 3.86. The molecule has 168 valence electrons. The molecule has 2 N–H and O–H groups in total. The van der Waals surface area contributed by atoms with Gasteiger partial charge in [0, 0.05) is 32.4 Å². The number of aliphatic hydroxyl groups excluding tert-OH is 2. The van der Waals surface area contributed by atoms with Gasteiger partial charge in [0.05, 0.1) is 23.6 Å². The maximum absolute atomic E-state index is 15.3. The summed E-state index contributed by atoms with van der Waals surface area (Å²) in [7, 11) is 2.01. The Labute approximate surface area is 178 Å². The Bertz CT molecular complexity index is 1060. The van der Waals surface area contributed by atoms with E-state index >= 15 is 4.39 Å². The van der Waals surface area contributed by atoms with Crippen LogP contribution in [-0.2, 0) is 4.74 Å². The average molecular weight is 435 g/mol. The van der Waals surface area contributed by atoms with Crippen molar-refractivity contribution >= 4 is 22.6 Å². The Morgan fingerprint density at radius 2 is 2.06 bits per heavy atom. The molecule has 2 aliphatic rings. The van der Waals surface area contributed by atoms with Crippen LogP contribution < -0.4 is 15.1 Å². The van der Waals surface area contributed by atoms with Crippen molar-refractivity contribution in [3.63, 3.8) is 0 Å². The van der Waals surface area contributed by atoms with E-state index in [1.54, 1.807) is 4.57 Å².